The molecule has 18 heavy (non-hydrogen) atoms. The third-order valence-electron chi connectivity index (χ3n) is 2.37. The molecule has 2 aromatic rings. The predicted octanol–water partition coefficient (Wildman–Crippen LogP) is 4.49. The Morgan fingerprint density at radius 2 is 1.83 bits per heavy atom. The maximum atomic E-state index is 9.12. The molecule has 0 saturated heterocycles. The van der Waals surface area contributed by atoms with Crippen molar-refractivity contribution in [3.63, 3.8) is 0 Å². The van der Waals surface area contributed by atoms with Crippen molar-refractivity contribution in [3.8, 4) is 23.4 Å². The number of nitrogens with zero attached hydrogens (tertiary/aromatic N) is 2. The molecule has 2 rings (SSSR count). The molecule has 0 bridgehead atoms. The molecule has 0 atom stereocenters. The SMILES string of the molecule is N#Cc1[nH]c(-c2ccc(Cl)c(Cl)c2)c(C#N)c1Br. The van der Waals surface area contributed by atoms with Gasteiger partial charge >= 0.3 is 0 Å². The molecule has 0 aliphatic rings. The van der Waals surface area contributed by atoms with E-state index in [0.29, 0.717) is 37.0 Å². The fraction of sp³-hybridized carbons (Fsp3) is 0. The first-order valence-corrected chi connectivity index (χ1v) is 6.30. The van der Waals surface area contributed by atoms with E-state index >= 15 is 0 Å². The lowest BCUT2D eigenvalue weighted by molar-refractivity contribution is 1.32. The van der Waals surface area contributed by atoms with Crippen LogP contribution in [0.5, 0.6) is 0 Å². The third kappa shape index (κ3) is 2.11. The molecule has 0 fully saturated rings. The summed E-state index contributed by atoms with van der Waals surface area (Å²) < 4.78 is 0.452. The minimum absolute atomic E-state index is 0.299. The highest BCUT2D eigenvalue weighted by atomic mass is 79.9. The van der Waals surface area contributed by atoms with Crippen molar-refractivity contribution < 1.29 is 0 Å². The van der Waals surface area contributed by atoms with Crippen LogP contribution in [-0.2, 0) is 0 Å². The van der Waals surface area contributed by atoms with Gasteiger partial charge in [0.25, 0.3) is 0 Å². The van der Waals surface area contributed by atoms with Crippen LogP contribution >= 0.6 is 39.1 Å². The summed E-state index contributed by atoms with van der Waals surface area (Å²) in [7, 11) is 0. The van der Waals surface area contributed by atoms with Gasteiger partial charge in [0.1, 0.15) is 17.8 Å². The number of hydrogen-bond donors (Lipinski definition) is 1. The molecule has 0 spiro atoms. The van der Waals surface area contributed by atoms with E-state index in [1.807, 2.05) is 12.1 Å². The predicted molar refractivity (Wildman–Crippen MR) is 73.4 cm³/mol. The van der Waals surface area contributed by atoms with Gasteiger partial charge in [-0.05, 0) is 28.1 Å². The van der Waals surface area contributed by atoms with E-state index in [0.717, 1.165) is 0 Å². The molecule has 1 N–H and O–H groups in total. The van der Waals surface area contributed by atoms with Crippen LogP contribution in [0.1, 0.15) is 11.3 Å². The number of benzene rings is 1. The largest absolute Gasteiger partial charge is 0.344 e. The first kappa shape index (κ1) is 13.0. The molecule has 1 aromatic carbocycles. The van der Waals surface area contributed by atoms with E-state index in [4.69, 9.17) is 33.7 Å². The summed E-state index contributed by atoms with van der Waals surface area (Å²) in [4.78, 5) is 2.88. The number of rotatable bonds is 1. The first-order valence-electron chi connectivity index (χ1n) is 4.75. The van der Waals surface area contributed by atoms with Crippen molar-refractivity contribution in [1.29, 1.82) is 10.5 Å². The Hall–Kier alpha value is -1.46. The topological polar surface area (TPSA) is 63.4 Å². The minimum Gasteiger partial charge on any atom is -0.344 e. The molecule has 6 heteroatoms. The lowest BCUT2D eigenvalue weighted by atomic mass is 10.1. The van der Waals surface area contributed by atoms with Gasteiger partial charge in [-0.2, -0.15) is 10.5 Å². The van der Waals surface area contributed by atoms with Crippen LogP contribution in [0, 0.1) is 22.7 Å². The van der Waals surface area contributed by atoms with E-state index < -0.39 is 0 Å². The van der Waals surface area contributed by atoms with Crippen molar-refractivity contribution in [2.45, 2.75) is 0 Å². The van der Waals surface area contributed by atoms with Crippen LogP contribution < -0.4 is 0 Å². The third-order valence-corrected chi connectivity index (χ3v) is 3.90. The molecule has 0 aliphatic carbocycles. The molecular formula is C12H4BrCl2N3. The van der Waals surface area contributed by atoms with Crippen molar-refractivity contribution in [3.05, 3.63) is 44.0 Å². The van der Waals surface area contributed by atoms with Gasteiger partial charge in [0.05, 0.1) is 25.8 Å². The summed E-state index contributed by atoms with van der Waals surface area (Å²) in [6.45, 7) is 0. The van der Waals surface area contributed by atoms with Crippen molar-refractivity contribution in [2.24, 2.45) is 0 Å². The van der Waals surface area contributed by atoms with Crippen LogP contribution in [0.3, 0.4) is 0 Å². The number of H-pyrrole nitrogens is 1. The summed E-state index contributed by atoms with van der Waals surface area (Å²) in [5.41, 5.74) is 1.90. The van der Waals surface area contributed by atoms with E-state index in [2.05, 4.69) is 20.9 Å². The number of nitrogens with one attached hydrogen (secondary N) is 1. The van der Waals surface area contributed by atoms with Crippen LogP contribution in [-0.4, -0.2) is 4.98 Å². The van der Waals surface area contributed by atoms with Crippen LogP contribution in [0.15, 0.2) is 22.7 Å². The fourth-order valence-electron chi connectivity index (χ4n) is 1.53. The Morgan fingerprint density at radius 1 is 1.11 bits per heavy atom. The molecule has 0 radical (unpaired) electrons. The quantitative estimate of drug-likeness (QED) is 0.830. The summed E-state index contributed by atoms with van der Waals surface area (Å²) in [6, 6.07) is 9.03. The number of hydrogen-bond acceptors (Lipinski definition) is 2. The molecule has 1 heterocycles. The summed E-state index contributed by atoms with van der Waals surface area (Å²) in [5, 5.41) is 18.9. The number of aromatic nitrogens is 1. The number of halogens is 3. The Kier molecular flexibility index (Phi) is 3.63. The summed E-state index contributed by atoms with van der Waals surface area (Å²) in [6.07, 6.45) is 0. The average Bonchev–Trinajstić information content (AvgIpc) is 2.69. The van der Waals surface area contributed by atoms with Gasteiger partial charge < -0.3 is 4.98 Å². The van der Waals surface area contributed by atoms with E-state index in [9.17, 15) is 0 Å². The zero-order valence-electron chi connectivity index (χ0n) is 8.76. The van der Waals surface area contributed by atoms with E-state index in [1.54, 1.807) is 18.2 Å². The first-order chi connectivity index (χ1) is 8.58. The fourth-order valence-corrected chi connectivity index (χ4v) is 2.30. The van der Waals surface area contributed by atoms with Gasteiger partial charge in [0.15, 0.2) is 0 Å². The zero-order valence-corrected chi connectivity index (χ0v) is 11.9. The lowest BCUT2D eigenvalue weighted by Crippen LogP contribution is -1.82. The van der Waals surface area contributed by atoms with Gasteiger partial charge in [-0.15, -0.1) is 0 Å². The van der Waals surface area contributed by atoms with Crippen molar-refractivity contribution in [1.82, 2.24) is 4.98 Å². The minimum atomic E-state index is 0.299. The van der Waals surface area contributed by atoms with Crippen LogP contribution in [0.2, 0.25) is 10.0 Å². The second-order valence-electron chi connectivity index (χ2n) is 3.42. The van der Waals surface area contributed by atoms with Crippen LogP contribution in [0.25, 0.3) is 11.3 Å². The van der Waals surface area contributed by atoms with Crippen LogP contribution in [0.4, 0.5) is 0 Å². The van der Waals surface area contributed by atoms with Crippen molar-refractivity contribution in [2.75, 3.05) is 0 Å². The molecule has 0 amide bonds. The van der Waals surface area contributed by atoms with Gasteiger partial charge in [-0.1, -0.05) is 29.3 Å². The van der Waals surface area contributed by atoms with Gasteiger partial charge in [0.2, 0.25) is 0 Å². The standard InChI is InChI=1S/C12H4BrCl2N3/c13-11-7(4-16)12(18-10(11)5-17)6-1-2-8(14)9(15)3-6/h1-3,18H. The molecule has 3 nitrogen and oxygen atoms in total. The molecule has 1 aromatic heterocycles. The second-order valence-corrected chi connectivity index (χ2v) is 5.02. The Morgan fingerprint density at radius 3 is 2.39 bits per heavy atom. The molecule has 0 saturated carbocycles. The summed E-state index contributed by atoms with van der Waals surface area (Å²) in [5.74, 6) is 0. The summed E-state index contributed by atoms with van der Waals surface area (Å²) >= 11 is 15.0. The number of aromatic amines is 1. The maximum Gasteiger partial charge on any atom is 0.133 e. The number of nitriles is 2. The van der Waals surface area contributed by atoms with Gasteiger partial charge in [-0.3, -0.25) is 0 Å². The van der Waals surface area contributed by atoms with Crippen molar-refractivity contribution >= 4 is 39.1 Å². The highest BCUT2D eigenvalue weighted by Gasteiger charge is 2.17. The monoisotopic (exact) mass is 339 g/mol. The zero-order chi connectivity index (χ0) is 13.3. The highest BCUT2D eigenvalue weighted by Crippen LogP contribution is 2.34. The molecule has 0 aliphatic heterocycles. The smallest absolute Gasteiger partial charge is 0.133 e. The second kappa shape index (κ2) is 5.04. The van der Waals surface area contributed by atoms with E-state index in [1.165, 1.54) is 0 Å². The highest BCUT2D eigenvalue weighted by molar-refractivity contribution is 9.10. The molecule has 0 unspecified atom stereocenters. The lowest BCUT2D eigenvalue weighted by Gasteiger charge is -2.01. The average molecular weight is 341 g/mol. The maximum absolute atomic E-state index is 9.12. The Bertz CT molecular complexity index is 707. The normalized spacial score (nSPS) is 9.83. The Balaban J connectivity index is 2.68. The van der Waals surface area contributed by atoms with Gasteiger partial charge in [0, 0.05) is 5.56 Å². The molecular weight excluding hydrogens is 337 g/mol. The molecule has 88 valence electrons. The Labute approximate surface area is 122 Å². The van der Waals surface area contributed by atoms with Gasteiger partial charge in [-0.25, -0.2) is 0 Å². The van der Waals surface area contributed by atoms with E-state index in [-0.39, 0.29) is 0 Å².